The molecule has 0 radical (unpaired) electrons. The van der Waals surface area contributed by atoms with Gasteiger partial charge in [-0.15, -0.1) is 0 Å². The lowest BCUT2D eigenvalue weighted by Crippen LogP contribution is -2.00. The summed E-state index contributed by atoms with van der Waals surface area (Å²) < 4.78 is 9.97. The molecule has 1 rings (SSSR count). The number of nitrogens with zero attached hydrogens (tertiary/aromatic N) is 1. The maximum Gasteiger partial charge on any atom is 0.305 e. The van der Waals surface area contributed by atoms with Gasteiger partial charge < -0.3 is 9.47 Å². The molecule has 0 aliphatic heterocycles. The number of ether oxygens (including phenoxy) is 2. The molecule has 0 unspecified atom stereocenters. The Bertz CT molecular complexity index is 287. The topological polar surface area (TPSA) is 48.4 Å². The number of esters is 1. The minimum atomic E-state index is -0.126. The number of carbonyl (C=O) groups excluding carboxylic acids is 1. The first kappa shape index (κ1) is 13.0. The Morgan fingerprint density at radius 2 is 2.19 bits per heavy atom. The first-order valence-electron chi connectivity index (χ1n) is 5.42. The normalized spacial score (nSPS) is 10.1. The fraction of sp³-hybridized carbons (Fsp3) is 0.636. The van der Waals surface area contributed by atoms with E-state index in [0.717, 1.165) is 30.9 Å². The third-order valence-corrected chi connectivity index (χ3v) is 2.82. The van der Waals surface area contributed by atoms with E-state index in [1.165, 1.54) is 18.4 Å². The first-order valence-corrected chi connectivity index (χ1v) is 6.30. The minimum absolute atomic E-state index is 0.126. The molecule has 16 heavy (non-hydrogen) atoms. The fourth-order valence-corrected chi connectivity index (χ4v) is 1.78. The molecule has 0 atom stereocenters. The Kier molecular flexibility index (Phi) is 6.56. The quantitative estimate of drug-likeness (QED) is 0.520. The van der Waals surface area contributed by atoms with Crippen LogP contribution in [-0.2, 0) is 9.53 Å². The first-order chi connectivity index (χ1) is 7.83. The molecular weight excluding hydrogens is 226 g/mol. The summed E-state index contributed by atoms with van der Waals surface area (Å²) in [4.78, 5) is 14.8. The monoisotopic (exact) mass is 243 g/mol. The lowest BCUT2D eigenvalue weighted by Gasteiger charge is -2.02. The molecule has 0 bridgehead atoms. The van der Waals surface area contributed by atoms with Gasteiger partial charge in [0.15, 0.2) is 0 Å². The lowest BCUT2D eigenvalue weighted by molar-refractivity contribution is -0.140. The van der Waals surface area contributed by atoms with E-state index in [2.05, 4.69) is 9.72 Å². The molecule has 0 saturated heterocycles. The molecule has 0 amide bonds. The third-order valence-electron chi connectivity index (χ3n) is 2.14. The molecule has 0 spiro atoms. The van der Waals surface area contributed by atoms with Crippen LogP contribution in [0, 0.1) is 0 Å². The highest BCUT2D eigenvalue weighted by Crippen LogP contribution is 2.14. The zero-order valence-corrected chi connectivity index (χ0v) is 10.3. The Labute approximate surface area is 99.6 Å². The van der Waals surface area contributed by atoms with Crippen molar-refractivity contribution in [3.8, 4) is 5.19 Å². The van der Waals surface area contributed by atoms with Crippen LogP contribution in [0.2, 0.25) is 0 Å². The van der Waals surface area contributed by atoms with Gasteiger partial charge in [-0.05, 0) is 12.8 Å². The van der Waals surface area contributed by atoms with Crippen LogP contribution >= 0.6 is 11.3 Å². The number of carbonyl (C=O) groups is 1. The smallest absolute Gasteiger partial charge is 0.305 e. The van der Waals surface area contributed by atoms with Crippen LogP contribution in [0.4, 0.5) is 0 Å². The van der Waals surface area contributed by atoms with Crippen molar-refractivity contribution in [2.75, 3.05) is 13.7 Å². The van der Waals surface area contributed by atoms with E-state index in [-0.39, 0.29) is 5.97 Å². The molecule has 1 heterocycles. The maximum atomic E-state index is 10.8. The highest BCUT2D eigenvalue weighted by Gasteiger charge is 1.99. The molecular formula is C11H17NO3S. The van der Waals surface area contributed by atoms with Crippen LogP contribution in [0.1, 0.15) is 32.1 Å². The molecule has 0 aliphatic carbocycles. The van der Waals surface area contributed by atoms with Gasteiger partial charge in [-0.2, -0.15) is 0 Å². The second kappa shape index (κ2) is 8.10. The Morgan fingerprint density at radius 3 is 2.88 bits per heavy atom. The standard InChI is InChI=1S/C11H17NO3S/c1-14-10(13)6-4-2-3-5-8-15-11-12-7-9-16-11/h7,9H,2-6,8H2,1H3. The Hall–Kier alpha value is -1.10. The van der Waals surface area contributed by atoms with Gasteiger partial charge in [0.05, 0.1) is 13.7 Å². The molecule has 1 aromatic heterocycles. The van der Waals surface area contributed by atoms with Gasteiger partial charge in [-0.25, -0.2) is 4.98 Å². The van der Waals surface area contributed by atoms with Gasteiger partial charge >= 0.3 is 5.97 Å². The Morgan fingerprint density at radius 1 is 1.38 bits per heavy atom. The molecule has 4 nitrogen and oxygen atoms in total. The molecule has 0 N–H and O–H groups in total. The number of hydrogen-bond acceptors (Lipinski definition) is 5. The molecule has 0 saturated carbocycles. The molecule has 0 aromatic carbocycles. The third kappa shape index (κ3) is 5.70. The van der Waals surface area contributed by atoms with Crippen LogP contribution in [0.3, 0.4) is 0 Å². The zero-order valence-electron chi connectivity index (χ0n) is 9.48. The average molecular weight is 243 g/mol. The number of thiazole rings is 1. The lowest BCUT2D eigenvalue weighted by atomic mass is 10.1. The average Bonchev–Trinajstić information content (AvgIpc) is 2.80. The summed E-state index contributed by atoms with van der Waals surface area (Å²) in [6.45, 7) is 0.700. The van der Waals surface area contributed by atoms with Gasteiger partial charge in [-0.3, -0.25) is 4.79 Å². The predicted octanol–water partition coefficient (Wildman–Crippen LogP) is 2.65. The van der Waals surface area contributed by atoms with Gasteiger partial charge in [-0.1, -0.05) is 24.2 Å². The number of unbranched alkanes of at least 4 members (excludes halogenated alkanes) is 3. The van der Waals surface area contributed by atoms with Gasteiger partial charge in [0.1, 0.15) is 0 Å². The van der Waals surface area contributed by atoms with Crippen molar-refractivity contribution in [1.29, 1.82) is 0 Å². The minimum Gasteiger partial charge on any atom is -0.470 e. The summed E-state index contributed by atoms with van der Waals surface area (Å²) >= 11 is 1.50. The van der Waals surface area contributed by atoms with E-state index >= 15 is 0 Å². The number of aromatic nitrogens is 1. The van der Waals surface area contributed by atoms with E-state index < -0.39 is 0 Å². The SMILES string of the molecule is COC(=O)CCCCCCOc1nccs1. The summed E-state index contributed by atoms with van der Waals surface area (Å²) in [6, 6.07) is 0. The van der Waals surface area contributed by atoms with Crippen LogP contribution in [0.5, 0.6) is 5.19 Å². The zero-order chi connectivity index (χ0) is 11.6. The van der Waals surface area contributed by atoms with Crippen LogP contribution in [0.25, 0.3) is 0 Å². The van der Waals surface area contributed by atoms with E-state index in [1.54, 1.807) is 6.20 Å². The fourth-order valence-electron chi connectivity index (χ4n) is 1.27. The number of hydrogen-bond donors (Lipinski definition) is 0. The summed E-state index contributed by atoms with van der Waals surface area (Å²) in [5.74, 6) is -0.126. The summed E-state index contributed by atoms with van der Waals surface area (Å²) in [6.07, 6.45) is 6.25. The summed E-state index contributed by atoms with van der Waals surface area (Å²) in [5.41, 5.74) is 0. The van der Waals surface area contributed by atoms with Crippen molar-refractivity contribution in [2.45, 2.75) is 32.1 Å². The van der Waals surface area contributed by atoms with E-state index in [0.29, 0.717) is 13.0 Å². The van der Waals surface area contributed by atoms with Crippen LogP contribution in [0.15, 0.2) is 11.6 Å². The van der Waals surface area contributed by atoms with Gasteiger partial charge in [0, 0.05) is 18.0 Å². The molecule has 0 fully saturated rings. The maximum absolute atomic E-state index is 10.8. The summed E-state index contributed by atoms with van der Waals surface area (Å²) in [5, 5.41) is 2.63. The molecule has 5 heteroatoms. The van der Waals surface area contributed by atoms with Crippen molar-refractivity contribution in [2.24, 2.45) is 0 Å². The summed E-state index contributed by atoms with van der Waals surface area (Å²) in [7, 11) is 1.42. The van der Waals surface area contributed by atoms with E-state index in [1.807, 2.05) is 5.38 Å². The molecule has 1 aromatic rings. The largest absolute Gasteiger partial charge is 0.470 e. The highest BCUT2D eigenvalue weighted by atomic mass is 32.1. The van der Waals surface area contributed by atoms with Crippen molar-refractivity contribution in [3.05, 3.63) is 11.6 Å². The molecule has 90 valence electrons. The van der Waals surface area contributed by atoms with Crippen molar-refractivity contribution in [1.82, 2.24) is 4.98 Å². The second-order valence-corrected chi connectivity index (χ2v) is 4.24. The predicted molar refractivity (Wildman–Crippen MR) is 62.7 cm³/mol. The second-order valence-electron chi connectivity index (χ2n) is 3.39. The van der Waals surface area contributed by atoms with Gasteiger partial charge in [0.25, 0.3) is 5.19 Å². The Balaban J connectivity index is 1.87. The van der Waals surface area contributed by atoms with Crippen LogP contribution in [-0.4, -0.2) is 24.7 Å². The van der Waals surface area contributed by atoms with Crippen LogP contribution < -0.4 is 4.74 Å². The van der Waals surface area contributed by atoms with E-state index in [9.17, 15) is 4.79 Å². The van der Waals surface area contributed by atoms with E-state index in [4.69, 9.17) is 4.74 Å². The number of methoxy groups -OCH3 is 1. The highest BCUT2D eigenvalue weighted by molar-refractivity contribution is 7.11. The van der Waals surface area contributed by atoms with Crippen molar-refractivity contribution < 1.29 is 14.3 Å². The number of rotatable bonds is 8. The van der Waals surface area contributed by atoms with Gasteiger partial charge in [0.2, 0.25) is 0 Å². The molecule has 0 aliphatic rings. The van der Waals surface area contributed by atoms with Crippen molar-refractivity contribution in [3.63, 3.8) is 0 Å². The van der Waals surface area contributed by atoms with Crippen molar-refractivity contribution >= 4 is 17.3 Å².